The van der Waals surface area contributed by atoms with Crippen LogP contribution in [-0.2, 0) is 26.0 Å². The van der Waals surface area contributed by atoms with Crippen LogP contribution in [0, 0.1) is 0 Å². The smallest absolute Gasteiger partial charge is 0.295 e. The third-order valence-electron chi connectivity index (χ3n) is 5.17. The van der Waals surface area contributed by atoms with Crippen LogP contribution < -0.4 is 5.32 Å². The van der Waals surface area contributed by atoms with Crippen LogP contribution in [0.25, 0.3) is 0 Å². The Kier molecular flexibility index (Phi) is 7.25. The van der Waals surface area contributed by atoms with Crippen LogP contribution in [0.2, 0.25) is 0 Å². The lowest BCUT2D eigenvalue weighted by Crippen LogP contribution is -2.55. The molecular formula is C21H24ClN5O4S. The maximum atomic E-state index is 13.3. The Labute approximate surface area is 191 Å². The van der Waals surface area contributed by atoms with E-state index in [-0.39, 0.29) is 39.8 Å². The van der Waals surface area contributed by atoms with Gasteiger partial charge in [0.1, 0.15) is 10.9 Å². The van der Waals surface area contributed by atoms with Crippen molar-refractivity contribution in [3.63, 3.8) is 0 Å². The van der Waals surface area contributed by atoms with Crippen LogP contribution in [0.3, 0.4) is 0 Å². The molecule has 32 heavy (non-hydrogen) atoms. The number of aliphatic imine (C=N–C) groups is 2. The fourth-order valence-corrected chi connectivity index (χ4v) is 4.39. The number of carbonyl (C=O) groups is 2. The van der Waals surface area contributed by atoms with Crippen LogP contribution >= 0.6 is 11.6 Å². The number of rotatable bonds is 6. The van der Waals surface area contributed by atoms with Gasteiger partial charge in [0.15, 0.2) is 27.3 Å². The quantitative estimate of drug-likeness (QED) is 0.627. The van der Waals surface area contributed by atoms with E-state index in [2.05, 4.69) is 26.9 Å². The number of halogens is 1. The molecule has 3 rings (SSSR count). The highest BCUT2D eigenvalue weighted by Gasteiger charge is 2.41. The van der Waals surface area contributed by atoms with Gasteiger partial charge in [-0.25, -0.2) is 18.4 Å². The van der Waals surface area contributed by atoms with Crippen molar-refractivity contribution in [2.24, 2.45) is 9.98 Å². The van der Waals surface area contributed by atoms with E-state index in [1.54, 1.807) is 26.0 Å². The Morgan fingerprint density at radius 2 is 2.16 bits per heavy atom. The summed E-state index contributed by atoms with van der Waals surface area (Å²) in [5, 5.41) is 2.92. The van der Waals surface area contributed by atoms with Gasteiger partial charge in [-0.1, -0.05) is 31.2 Å². The predicted molar refractivity (Wildman–Crippen MR) is 122 cm³/mol. The van der Waals surface area contributed by atoms with E-state index >= 15 is 0 Å². The summed E-state index contributed by atoms with van der Waals surface area (Å²) < 4.78 is 23.9. The van der Waals surface area contributed by atoms with Gasteiger partial charge in [-0.15, -0.1) is 0 Å². The van der Waals surface area contributed by atoms with Crippen LogP contribution in [0.4, 0.5) is 0 Å². The minimum atomic E-state index is -3.35. The standard InChI is InChI=1S/C21H24ClN5O4S/c1-4-16-20(25-13(3)22)27(17-7-6-8-18(17)28)21(29)19(26-16)24-11-14-9-10-15(12-23-14)32(30,31)5-2/h4,9-10,12,17H,3,5-8,11H2,1-2H3,(H,24,26)/b16-4+,25-20+. The van der Waals surface area contributed by atoms with Gasteiger partial charge in [-0.05, 0) is 31.9 Å². The third kappa shape index (κ3) is 4.97. The molecule has 1 aromatic heterocycles. The normalized spacial score (nSPS) is 21.9. The number of nitrogens with one attached hydrogen (secondary N) is 1. The average Bonchev–Trinajstić information content (AvgIpc) is 3.18. The Bertz CT molecular complexity index is 1140. The summed E-state index contributed by atoms with van der Waals surface area (Å²) in [5.41, 5.74) is 0.903. The summed E-state index contributed by atoms with van der Waals surface area (Å²) in [7, 11) is -3.35. The van der Waals surface area contributed by atoms with Crippen LogP contribution in [0.5, 0.6) is 0 Å². The molecule has 1 N–H and O–H groups in total. The zero-order valence-electron chi connectivity index (χ0n) is 17.8. The third-order valence-corrected chi connectivity index (χ3v) is 6.97. The number of ketones is 1. The first-order valence-electron chi connectivity index (χ1n) is 10.1. The molecule has 9 nitrogen and oxygen atoms in total. The van der Waals surface area contributed by atoms with Gasteiger partial charge >= 0.3 is 0 Å². The van der Waals surface area contributed by atoms with Crippen molar-refractivity contribution in [1.82, 2.24) is 15.2 Å². The molecule has 0 aromatic carbocycles. The van der Waals surface area contributed by atoms with Crippen molar-refractivity contribution >= 4 is 44.8 Å². The van der Waals surface area contributed by atoms with Gasteiger partial charge in [-0.2, -0.15) is 0 Å². The zero-order chi connectivity index (χ0) is 23.5. The molecule has 0 saturated heterocycles. The first-order valence-corrected chi connectivity index (χ1v) is 12.2. The van der Waals surface area contributed by atoms with Crippen LogP contribution in [-0.4, -0.2) is 53.5 Å². The number of amides is 1. The molecule has 1 aliphatic carbocycles. The van der Waals surface area contributed by atoms with Crippen molar-refractivity contribution in [2.45, 2.75) is 50.6 Å². The Hall–Kier alpha value is -2.85. The maximum Gasteiger partial charge on any atom is 0.295 e. The summed E-state index contributed by atoms with van der Waals surface area (Å²) in [6, 6.07) is 2.41. The molecular weight excluding hydrogens is 454 g/mol. The van der Waals surface area contributed by atoms with Gasteiger partial charge in [0.05, 0.1) is 28.9 Å². The van der Waals surface area contributed by atoms with E-state index in [1.807, 2.05) is 0 Å². The minimum Gasteiger partial charge on any atom is -0.360 e. The summed E-state index contributed by atoms with van der Waals surface area (Å²) in [5.74, 6) is -0.340. The monoisotopic (exact) mass is 477 g/mol. The zero-order valence-corrected chi connectivity index (χ0v) is 19.4. The highest BCUT2D eigenvalue weighted by molar-refractivity contribution is 7.91. The number of Topliss-reactive ketones (excluding diaryl/α,β-unsaturated/α-hetero) is 1. The molecule has 0 bridgehead atoms. The topological polar surface area (TPSA) is 121 Å². The van der Waals surface area contributed by atoms with Crippen LogP contribution in [0.1, 0.15) is 38.8 Å². The number of aromatic nitrogens is 1. The van der Waals surface area contributed by atoms with Crippen LogP contribution in [0.15, 0.2) is 56.7 Å². The van der Waals surface area contributed by atoms with E-state index in [0.717, 1.165) is 0 Å². The number of nitrogens with zero attached hydrogens (tertiary/aromatic N) is 4. The lowest BCUT2D eigenvalue weighted by Gasteiger charge is -2.33. The van der Waals surface area contributed by atoms with E-state index in [9.17, 15) is 18.0 Å². The first-order chi connectivity index (χ1) is 15.2. The molecule has 1 amide bonds. The lowest BCUT2D eigenvalue weighted by molar-refractivity contribution is -0.129. The number of pyridine rings is 1. The van der Waals surface area contributed by atoms with E-state index in [0.29, 0.717) is 30.7 Å². The number of amidine groups is 2. The minimum absolute atomic E-state index is 0.0158. The molecule has 1 saturated carbocycles. The van der Waals surface area contributed by atoms with Gasteiger partial charge in [-0.3, -0.25) is 19.5 Å². The molecule has 11 heteroatoms. The van der Waals surface area contributed by atoms with E-state index in [4.69, 9.17) is 11.6 Å². The second-order valence-corrected chi connectivity index (χ2v) is 9.95. The SMILES string of the molecule is C=C(Cl)/N=C1\C(=C/C)N=C(NCc2ccc(S(=O)(=O)CC)cn2)C(=O)N1C1CCCC1=O. The first kappa shape index (κ1) is 23.8. The van der Waals surface area contributed by atoms with Gasteiger partial charge in [0.25, 0.3) is 5.91 Å². The molecule has 2 heterocycles. The second-order valence-electron chi connectivity index (χ2n) is 7.24. The number of sulfone groups is 1. The van der Waals surface area contributed by atoms with Crippen molar-refractivity contribution in [3.05, 3.63) is 47.5 Å². The van der Waals surface area contributed by atoms with Crippen molar-refractivity contribution in [2.75, 3.05) is 5.75 Å². The predicted octanol–water partition coefficient (Wildman–Crippen LogP) is 2.34. The maximum absolute atomic E-state index is 13.3. The highest BCUT2D eigenvalue weighted by Crippen LogP contribution is 2.26. The molecule has 170 valence electrons. The van der Waals surface area contributed by atoms with E-state index in [1.165, 1.54) is 17.2 Å². The summed E-state index contributed by atoms with van der Waals surface area (Å²) in [4.78, 5) is 39.8. The van der Waals surface area contributed by atoms with Crippen molar-refractivity contribution in [3.8, 4) is 0 Å². The van der Waals surface area contributed by atoms with Gasteiger partial charge in [0, 0.05) is 12.6 Å². The fourth-order valence-electron chi connectivity index (χ4n) is 3.49. The number of carbonyl (C=O) groups excluding carboxylic acids is 2. The molecule has 1 aromatic rings. The highest BCUT2D eigenvalue weighted by atomic mass is 35.5. The molecule has 2 aliphatic rings. The molecule has 0 spiro atoms. The van der Waals surface area contributed by atoms with Gasteiger partial charge < -0.3 is 5.32 Å². The summed E-state index contributed by atoms with van der Waals surface area (Å²) in [6.07, 6.45) is 4.56. The fraction of sp³-hybridized carbons (Fsp3) is 0.381. The Morgan fingerprint density at radius 3 is 2.69 bits per heavy atom. The molecule has 1 fully saturated rings. The molecule has 1 aliphatic heterocycles. The number of hydrogen-bond donors (Lipinski definition) is 1. The van der Waals surface area contributed by atoms with Gasteiger partial charge in [0.2, 0.25) is 0 Å². The summed E-state index contributed by atoms with van der Waals surface area (Å²) >= 11 is 5.88. The molecule has 1 unspecified atom stereocenters. The van der Waals surface area contributed by atoms with Crippen molar-refractivity contribution < 1.29 is 18.0 Å². The lowest BCUT2D eigenvalue weighted by atomic mass is 10.1. The van der Waals surface area contributed by atoms with Crippen molar-refractivity contribution in [1.29, 1.82) is 0 Å². The molecule has 1 atom stereocenters. The largest absolute Gasteiger partial charge is 0.360 e. The summed E-state index contributed by atoms with van der Waals surface area (Å²) in [6.45, 7) is 7.00. The second kappa shape index (κ2) is 9.74. The van der Waals surface area contributed by atoms with E-state index < -0.39 is 21.8 Å². The molecule has 0 radical (unpaired) electrons. The number of hydrogen-bond acceptors (Lipinski definition) is 8. The number of allylic oxidation sites excluding steroid dienone is 1. The Balaban J connectivity index is 1.88. The average molecular weight is 478 g/mol. The Morgan fingerprint density at radius 1 is 1.41 bits per heavy atom.